The molecule has 1 spiro atoms. The molecule has 4 aliphatic rings. The molecule has 1 aliphatic heterocycles. The minimum atomic E-state index is -4.63. The molecule has 0 N–H and O–H groups in total. The van der Waals surface area contributed by atoms with Crippen LogP contribution >= 0.6 is 45.3 Å². The average molecular weight is 771 g/mol. The minimum Gasteiger partial charge on any atom is -0.479 e. The smallest absolute Gasteiger partial charge is 0.416 e. The van der Waals surface area contributed by atoms with E-state index in [0.29, 0.717) is 37.3 Å². The van der Waals surface area contributed by atoms with E-state index < -0.39 is 40.5 Å². The number of carbonyl (C=O) groups is 4. The summed E-state index contributed by atoms with van der Waals surface area (Å²) in [4.78, 5) is 64.5. The highest BCUT2D eigenvalue weighted by atomic mass is 32.1. The van der Waals surface area contributed by atoms with E-state index in [1.807, 2.05) is 19.1 Å². The van der Waals surface area contributed by atoms with Crippen LogP contribution in [0.1, 0.15) is 90.7 Å². The zero-order chi connectivity index (χ0) is 35.8. The number of thiazole rings is 2. The molecule has 1 fully saturated rings. The Bertz CT molecular complexity index is 2730. The Hall–Kier alpha value is -4.63. The van der Waals surface area contributed by atoms with Crippen LogP contribution in [0.2, 0.25) is 0 Å². The predicted octanol–water partition coefficient (Wildman–Crippen LogP) is 10.2. The molecule has 4 aromatic heterocycles. The molecule has 0 saturated heterocycles. The summed E-state index contributed by atoms with van der Waals surface area (Å²) in [6.07, 6.45) is 3.11. The Morgan fingerprint density at radius 3 is 1.92 bits per heavy atom. The first-order valence-electron chi connectivity index (χ1n) is 16.4. The number of nitrogens with zero attached hydrogens (tertiary/aromatic N) is 2. The van der Waals surface area contributed by atoms with E-state index in [4.69, 9.17) is 14.7 Å². The van der Waals surface area contributed by atoms with Gasteiger partial charge in [0, 0.05) is 27.8 Å². The van der Waals surface area contributed by atoms with Crippen molar-refractivity contribution in [1.82, 2.24) is 9.97 Å². The first-order chi connectivity index (χ1) is 24.9. The minimum absolute atomic E-state index is 0.0446. The van der Waals surface area contributed by atoms with Gasteiger partial charge < -0.3 is 4.74 Å². The fourth-order valence-electron chi connectivity index (χ4n) is 7.73. The Morgan fingerprint density at radius 2 is 1.27 bits per heavy atom. The third kappa shape index (κ3) is 4.53. The van der Waals surface area contributed by atoms with Crippen molar-refractivity contribution in [3.05, 3.63) is 85.4 Å². The second-order valence-electron chi connectivity index (χ2n) is 13.3. The molecular formula is C38H21F3N2O5S4. The topological polar surface area (TPSA) is 103 Å². The Labute approximate surface area is 308 Å². The van der Waals surface area contributed by atoms with Crippen LogP contribution in [0.25, 0.3) is 52.1 Å². The lowest BCUT2D eigenvalue weighted by Gasteiger charge is -2.40. The molecule has 52 heavy (non-hydrogen) atoms. The largest absolute Gasteiger partial charge is 0.479 e. The van der Waals surface area contributed by atoms with Gasteiger partial charge in [-0.05, 0) is 74.1 Å². The molecule has 7 nitrogen and oxygen atoms in total. The van der Waals surface area contributed by atoms with Gasteiger partial charge in [0.15, 0.2) is 5.75 Å². The number of benzene rings is 2. The molecule has 1 saturated carbocycles. The van der Waals surface area contributed by atoms with Crippen LogP contribution in [0, 0.1) is 6.92 Å². The van der Waals surface area contributed by atoms with E-state index in [9.17, 15) is 32.3 Å². The third-order valence-corrected chi connectivity index (χ3v) is 14.7. The van der Waals surface area contributed by atoms with Crippen LogP contribution in [0.4, 0.5) is 13.2 Å². The van der Waals surface area contributed by atoms with Crippen molar-refractivity contribution in [2.75, 3.05) is 0 Å². The van der Waals surface area contributed by atoms with E-state index in [2.05, 4.69) is 0 Å². The maximum absolute atomic E-state index is 13.5. The van der Waals surface area contributed by atoms with E-state index in [-0.39, 0.29) is 16.7 Å². The van der Waals surface area contributed by atoms with Crippen LogP contribution in [0.15, 0.2) is 36.4 Å². The SMILES string of the molecule is Cc1ccc2c(c1)/C(=C/c1nc3sc4c(c3s1)C1(CCCCC1)Oc1c-4sc3nc(/C=C4\C(=O)C(=O)c5ccc(C(F)(F)F)cc54)sc13)C(=O)C2=O. The summed E-state index contributed by atoms with van der Waals surface area (Å²) in [6, 6.07) is 8.11. The van der Waals surface area contributed by atoms with Crippen molar-refractivity contribution in [3.63, 3.8) is 0 Å². The molecule has 14 heteroatoms. The zero-order valence-electron chi connectivity index (χ0n) is 26.9. The normalized spacial score (nSPS) is 19.3. The van der Waals surface area contributed by atoms with Crippen LogP contribution in [-0.2, 0) is 21.4 Å². The van der Waals surface area contributed by atoms with E-state index in [1.54, 1.807) is 23.5 Å². The first-order valence-corrected chi connectivity index (χ1v) is 19.7. The van der Waals surface area contributed by atoms with Crippen molar-refractivity contribution in [1.29, 1.82) is 0 Å². The van der Waals surface area contributed by atoms with Gasteiger partial charge in [0.1, 0.15) is 30.0 Å². The molecule has 3 aliphatic carbocycles. The van der Waals surface area contributed by atoms with Gasteiger partial charge >= 0.3 is 6.18 Å². The molecule has 0 radical (unpaired) electrons. The summed E-state index contributed by atoms with van der Waals surface area (Å²) in [5, 5.41) is 1.03. The second-order valence-corrected chi connectivity index (χ2v) is 17.4. The summed E-state index contributed by atoms with van der Waals surface area (Å²) in [6.45, 7) is 1.92. The lowest BCUT2D eigenvalue weighted by Crippen LogP contribution is -2.37. The molecule has 6 aromatic rings. The molecule has 0 bridgehead atoms. The number of Topliss-reactive ketones (excluding diaryl/α,β-unsaturated/α-hetero) is 4. The van der Waals surface area contributed by atoms with Gasteiger partial charge in [0.25, 0.3) is 0 Å². The van der Waals surface area contributed by atoms with E-state index >= 15 is 0 Å². The molecule has 258 valence electrons. The number of hydrogen-bond acceptors (Lipinski definition) is 11. The number of ether oxygens (including phenoxy) is 1. The third-order valence-electron chi connectivity index (χ3n) is 10.1. The monoisotopic (exact) mass is 770 g/mol. The summed E-state index contributed by atoms with van der Waals surface area (Å²) < 4.78 is 49.4. The van der Waals surface area contributed by atoms with Crippen LogP contribution in [0.3, 0.4) is 0 Å². The average Bonchev–Trinajstić information content (AvgIpc) is 3.93. The molecule has 0 atom stereocenters. The predicted molar refractivity (Wildman–Crippen MR) is 196 cm³/mol. The highest BCUT2D eigenvalue weighted by Crippen LogP contribution is 2.62. The number of thiophene rings is 2. The van der Waals surface area contributed by atoms with Crippen LogP contribution in [-0.4, -0.2) is 33.1 Å². The Morgan fingerprint density at radius 1 is 0.692 bits per heavy atom. The number of rotatable bonds is 2. The highest BCUT2D eigenvalue weighted by molar-refractivity contribution is 7.34. The summed E-state index contributed by atoms with van der Waals surface area (Å²) in [5.41, 5.74) is 1.69. The van der Waals surface area contributed by atoms with Gasteiger partial charge in [0.05, 0.1) is 20.0 Å². The maximum Gasteiger partial charge on any atom is 0.416 e. The fraction of sp³-hybridized carbons (Fsp3) is 0.211. The van der Waals surface area contributed by atoms with Crippen LogP contribution in [0.5, 0.6) is 5.75 Å². The number of fused-ring (bicyclic) bond motifs is 10. The van der Waals surface area contributed by atoms with Crippen LogP contribution < -0.4 is 4.74 Å². The Kier molecular flexibility index (Phi) is 6.75. The molecule has 5 heterocycles. The van der Waals surface area contributed by atoms with Gasteiger partial charge in [-0.25, -0.2) is 9.97 Å². The standard InChI is InChI=1S/C38H21F3N2O5S4/c1-15-5-7-17-19(11-15)21(28(46)26(17)44)13-23-42-35-32(49-23)25-31(51-35)33-30(48-37(25)9-3-2-4-10-37)34-36(52-33)43-24(50-34)14-22-20-12-16(38(39,40)41)6-8-18(20)27(45)29(22)47/h5-8,11-14H,2-4,9-10H2,1H3/b21-13-,22-14-. The van der Waals surface area contributed by atoms with Gasteiger partial charge in [-0.2, -0.15) is 13.2 Å². The highest BCUT2D eigenvalue weighted by Gasteiger charge is 2.47. The lowest BCUT2D eigenvalue weighted by molar-refractivity contribution is -0.137. The first kappa shape index (κ1) is 32.1. The number of carbonyl (C=O) groups excluding carboxylic acids is 4. The maximum atomic E-state index is 13.5. The molecular weight excluding hydrogens is 750 g/mol. The fourth-order valence-corrected chi connectivity index (χ4v) is 12.7. The number of hydrogen-bond donors (Lipinski definition) is 0. The summed E-state index contributed by atoms with van der Waals surface area (Å²) in [7, 11) is 0. The summed E-state index contributed by atoms with van der Waals surface area (Å²) in [5.74, 6) is -2.04. The molecule has 0 amide bonds. The second kappa shape index (κ2) is 10.9. The van der Waals surface area contributed by atoms with Crippen molar-refractivity contribution < 1.29 is 37.1 Å². The van der Waals surface area contributed by atoms with Gasteiger partial charge in [-0.1, -0.05) is 30.2 Å². The molecule has 0 unspecified atom stereocenters. The van der Waals surface area contributed by atoms with Crippen molar-refractivity contribution in [3.8, 4) is 15.5 Å². The number of alkyl halides is 3. The van der Waals surface area contributed by atoms with Crippen molar-refractivity contribution in [2.24, 2.45) is 0 Å². The van der Waals surface area contributed by atoms with Crippen molar-refractivity contribution >= 4 is 111 Å². The molecule has 2 aromatic carbocycles. The lowest BCUT2D eigenvalue weighted by atomic mass is 9.78. The van der Waals surface area contributed by atoms with Gasteiger partial charge in [0.2, 0.25) is 23.1 Å². The quantitative estimate of drug-likeness (QED) is 0.128. The van der Waals surface area contributed by atoms with Gasteiger partial charge in [-0.15, -0.1) is 45.3 Å². The van der Waals surface area contributed by atoms with Crippen molar-refractivity contribution in [2.45, 2.75) is 50.8 Å². The summed E-state index contributed by atoms with van der Waals surface area (Å²) >= 11 is 5.77. The Balaban J connectivity index is 1.08. The van der Waals surface area contributed by atoms with Gasteiger partial charge in [-0.3, -0.25) is 19.2 Å². The number of aryl methyl sites for hydroxylation is 1. The number of halogens is 3. The van der Waals surface area contributed by atoms with E-state index in [0.717, 1.165) is 85.4 Å². The van der Waals surface area contributed by atoms with E-state index in [1.165, 1.54) is 40.1 Å². The zero-order valence-corrected chi connectivity index (χ0v) is 30.1. The number of ketones is 4. The number of allylic oxidation sites excluding steroid dienone is 2. The molecule has 10 rings (SSSR count). The number of aromatic nitrogens is 2.